The molecule has 0 aliphatic heterocycles. The van der Waals surface area contributed by atoms with Crippen molar-refractivity contribution >= 4 is 54.7 Å². The maximum Gasteiger partial charge on any atom is 0.268 e. The molecule has 0 atom stereocenters. The number of nitrogens with one attached hydrogen (secondary N) is 1. The summed E-state index contributed by atoms with van der Waals surface area (Å²) in [6.07, 6.45) is 0. The molecule has 21 heavy (non-hydrogen) atoms. The summed E-state index contributed by atoms with van der Waals surface area (Å²) in [5.74, 6) is 0.385. The quantitative estimate of drug-likeness (QED) is 0.755. The van der Waals surface area contributed by atoms with Crippen LogP contribution in [-0.2, 0) is 6.54 Å². The average Bonchev–Trinajstić information content (AvgIpc) is 3.06. The van der Waals surface area contributed by atoms with Crippen molar-refractivity contribution in [2.75, 3.05) is 7.05 Å². The minimum Gasteiger partial charge on any atom is -0.334 e. The second-order valence-electron chi connectivity index (χ2n) is 4.41. The van der Waals surface area contributed by atoms with E-state index in [4.69, 9.17) is 0 Å². The summed E-state index contributed by atoms with van der Waals surface area (Å²) >= 11 is 6.07. The second-order valence-corrected chi connectivity index (χ2v) is 7.79. The number of aromatic amines is 1. The number of hydrogen-bond acceptors (Lipinski definition) is 5. The molecule has 3 aromatic heterocycles. The van der Waals surface area contributed by atoms with E-state index in [2.05, 4.69) is 25.9 Å². The van der Waals surface area contributed by atoms with E-state index in [9.17, 15) is 9.59 Å². The minimum atomic E-state index is -0.162. The van der Waals surface area contributed by atoms with E-state index in [1.54, 1.807) is 19.2 Å². The monoisotopic (exact) mass is 383 g/mol. The topological polar surface area (TPSA) is 66.1 Å². The van der Waals surface area contributed by atoms with Crippen molar-refractivity contribution in [2.45, 2.75) is 6.54 Å². The van der Waals surface area contributed by atoms with Crippen molar-refractivity contribution in [1.29, 1.82) is 0 Å². The van der Waals surface area contributed by atoms with Gasteiger partial charge in [0.15, 0.2) is 0 Å². The predicted molar refractivity (Wildman–Crippen MR) is 88.1 cm³/mol. The summed E-state index contributed by atoms with van der Waals surface area (Å²) in [6.45, 7) is 0.259. The fraction of sp³-hybridized carbons (Fsp3) is 0.154. The third-order valence-electron chi connectivity index (χ3n) is 2.88. The van der Waals surface area contributed by atoms with Crippen LogP contribution >= 0.6 is 38.6 Å². The van der Waals surface area contributed by atoms with Crippen LogP contribution in [0.4, 0.5) is 0 Å². The van der Waals surface area contributed by atoms with Crippen molar-refractivity contribution in [3.63, 3.8) is 0 Å². The highest BCUT2D eigenvalue weighted by molar-refractivity contribution is 9.11. The van der Waals surface area contributed by atoms with Gasteiger partial charge in [0.05, 0.1) is 20.7 Å². The number of hydrogen-bond donors (Lipinski definition) is 1. The number of carbonyl (C=O) groups is 1. The van der Waals surface area contributed by atoms with Crippen molar-refractivity contribution in [3.05, 3.63) is 48.4 Å². The summed E-state index contributed by atoms with van der Waals surface area (Å²) < 4.78 is 1.51. The van der Waals surface area contributed by atoms with Gasteiger partial charge < -0.3 is 9.88 Å². The lowest BCUT2D eigenvalue weighted by Crippen LogP contribution is -2.27. The summed E-state index contributed by atoms with van der Waals surface area (Å²) in [4.78, 5) is 33.4. The molecule has 1 N–H and O–H groups in total. The minimum absolute atomic E-state index is 0.0984. The third kappa shape index (κ3) is 2.92. The number of H-pyrrole nitrogens is 1. The number of halogens is 1. The van der Waals surface area contributed by atoms with Crippen LogP contribution in [-0.4, -0.2) is 27.8 Å². The van der Waals surface area contributed by atoms with E-state index >= 15 is 0 Å². The van der Waals surface area contributed by atoms with Gasteiger partial charge in [-0.1, -0.05) is 0 Å². The lowest BCUT2D eigenvalue weighted by atomic mass is 10.4. The molecular formula is C13H10BrN3O2S2. The Hall–Kier alpha value is -1.51. The van der Waals surface area contributed by atoms with Crippen LogP contribution in [0.3, 0.4) is 0 Å². The van der Waals surface area contributed by atoms with Gasteiger partial charge in [0.2, 0.25) is 0 Å². The molecule has 0 bridgehead atoms. The number of thiophene rings is 2. The molecule has 0 spiro atoms. The fourth-order valence-electron chi connectivity index (χ4n) is 1.91. The molecule has 0 radical (unpaired) electrons. The van der Waals surface area contributed by atoms with Gasteiger partial charge in [-0.15, -0.1) is 22.7 Å². The Kier molecular flexibility index (Phi) is 3.92. The van der Waals surface area contributed by atoms with Gasteiger partial charge in [0.25, 0.3) is 11.5 Å². The molecule has 3 heterocycles. The van der Waals surface area contributed by atoms with Gasteiger partial charge in [-0.2, -0.15) is 0 Å². The van der Waals surface area contributed by atoms with Gasteiger partial charge >= 0.3 is 0 Å². The highest BCUT2D eigenvalue weighted by atomic mass is 79.9. The number of aromatic nitrogens is 2. The maximum absolute atomic E-state index is 12.3. The number of rotatable bonds is 3. The van der Waals surface area contributed by atoms with Crippen molar-refractivity contribution in [1.82, 2.24) is 14.9 Å². The molecule has 3 rings (SSSR count). The Bertz CT molecular complexity index is 868. The van der Waals surface area contributed by atoms with Gasteiger partial charge in [-0.3, -0.25) is 9.59 Å². The Morgan fingerprint density at radius 3 is 2.95 bits per heavy atom. The summed E-state index contributed by atoms with van der Waals surface area (Å²) in [7, 11) is 1.69. The first kappa shape index (κ1) is 14.4. The van der Waals surface area contributed by atoms with E-state index in [1.807, 2.05) is 11.4 Å². The van der Waals surface area contributed by atoms with Crippen LogP contribution in [0.25, 0.3) is 10.2 Å². The Morgan fingerprint density at radius 1 is 1.43 bits per heavy atom. The smallest absolute Gasteiger partial charge is 0.268 e. The lowest BCUT2D eigenvalue weighted by molar-refractivity contribution is 0.0786. The lowest BCUT2D eigenvalue weighted by Gasteiger charge is -2.15. The Morgan fingerprint density at radius 2 is 2.24 bits per heavy atom. The molecule has 0 aliphatic rings. The standard InChI is InChI=1S/C13H10BrN3O2S2/c1-17(13(19)8-2-3-9(14)21-8)6-10-15-7-4-5-20-11(7)12(18)16-10/h2-5H,6H2,1H3,(H,15,16,18). The van der Waals surface area contributed by atoms with Crippen LogP contribution in [0.15, 0.2) is 32.2 Å². The molecule has 1 amide bonds. The molecule has 108 valence electrons. The SMILES string of the molecule is CN(Cc1nc2ccsc2c(=O)[nH]1)C(=O)c1ccc(Br)s1. The zero-order valence-electron chi connectivity index (χ0n) is 10.9. The molecule has 0 aliphatic carbocycles. The first-order valence-corrected chi connectivity index (χ1v) is 8.50. The van der Waals surface area contributed by atoms with Crippen molar-refractivity contribution in [2.24, 2.45) is 0 Å². The molecule has 8 heteroatoms. The van der Waals surface area contributed by atoms with Crippen LogP contribution in [0.1, 0.15) is 15.5 Å². The molecule has 0 saturated heterocycles. The van der Waals surface area contributed by atoms with Gasteiger partial charge in [0, 0.05) is 7.05 Å². The summed E-state index contributed by atoms with van der Waals surface area (Å²) in [5.41, 5.74) is 0.503. The highest BCUT2D eigenvalue weighted by Gasteiger charge is 2.15. The zero-order valence-corrected chi connectivity index (χ0v) is 14.1. The zero-order chi connectivity index (χ0) is 15.0. The normalized spacial score (nSPS) is 11.0. The molecule has 0 unspecified atom stereocenters. The molecule has 0 aromatic carbocycles. The highest BCUT2D eigenvalue weighted by Crippen LogP contribution is 2.23. The van der Waals surface area contributed by atoms with E-state index < -0.39 is 0 Å². The van der Waals surface area contributed by atoms with Crippen LogP contribution in [0.2, 0.25) is 0 Å². The molecule has 0 saturated carbocycles. The van der Waals surface area contributed by atoms with Crippen LogP contribution < -0.4 is 5.56 Å². The van der Waals surface area contributed by atoms with Gasteiger partial charge in [-0.25, -0.2) is 4.98 Å². The number of carbonyl (C=O) groups excluding carboxylic acids is 1. The molecule has 0 fully saturated rings. The fourth-order valence-corrected chi connectivity index (χ4v) is 4.02. The summed E-state index contributed by atoms with van der Waals surface area (Å²) in [5, 5.41) is 1.83. The van der Waals surface area contributed by atoms with Crippen molar-refractivity contribution in [3.8, 4) is 0 Å². The van der Waals surface area contributed by atoms with E-state index in [0.717, 1.165) is 3.79 Å². The first-order valence-electron chi connectivity index (χ1n) is 6.02. The second kappa shape index (κ2) is 5.70. The largest absolute Gasteiger partial charge is 0.334 e. The summed E-state index contributed by atoms with van der Waals surface area (Å²) in [6, 6.07) is 5.41. The van der Waals surface area contributed by atoms with Gasteiger partial charge in [0.1, 0.15) is 10.5 Å². The Labute approximate surface area is 136 Å². The van der Waals surface area contributed by atoms with E-state index in [1.165, 1.54) is 27.6 Å². The van der Waals surface area contributed by atoms with E-state index in [0.29, 0.717) is 20.9 Å². The maximum atomic E-state index is 12.3. The predicted octanol–water partition coefficient (Wildman–Crippen LogP) is 3.08. The van der Waals surface area contributed by atoms with Crippen molar-refractivity contribution < 1.29 is 4.79 Å². The molecular weight excluding hydrogens is 374 g/mol. The Balaban J connectivity index is 1.84. The number of nitrogens with zero attached hydrogens (tertiary/aromatic N) is 2. The third-order valence-corrected chi connectivity index (χ3v) is 5.40. The van der Waals surface area contributed by atoms with E-state index in [-0.39, 0.29) is 18.0 Å². The first-order chi connectivity index (χ1) is 10.0. The van der Waals surface area contributed by atoms with Gasteiger partial charge in [-0.05, 0) is 39.5 Å². The van der Waals surface area contributed by atoms with Crippen LogP contribution in [0.5, 0.6) is 0 Å². The number of fused-ring (bicyclic) bond motifs is 1. The average molecular weight is 384 g/mol. The molecule has 5 nitrogen and oxygen atoms in total. The molecule has 3 aromatic rings. The van der Waals surface area contributed by atoms with Crippen LogP contribution in [0, 0.1) is 0 Å². The number of amides is 1.